The Labute approximate surface area is 164 Å². The zero-order valence-corrected chi connectivity index (χ0v) is 16.7. The Morgan fingerprint density at radius 2 is 1.86 bits per heavy atom. The van der Waals surface area contributed by atoms with Crippen LogP contribution >= 0.6 is 0 Å². The van der Waals surface area contributed by atoms with Crippen molar-refractivity contribution in [3.63, 3.8) is 0 Å². The molecule has 1 aromatic carbocycles. The molecule has 0 aliphatic carbocycles. The van der Waals surface area contributed by atoms with Crippen molar-refractivity contribution in [2.24, 2.45) is 10.2 Å². The van der Waals surface area contributed by atoms with Gasteiger partial charge in [-0.25, -0.2) is 4.79 Å². The number of azo groups is 1. The van der Waals surface area contributed by atoms with Gasteiger partial charge in [0.25, 0.3) is 17.9 Å². The summed E-state index contributed by atoms with van der Waals surface area (Å²) in [6.45, 7) is 8.86. The van der Waals surface area contributed by atoms with E-state index in [1.807, 2.05) is 13.8 Å². The predicted octanol–water partition coefficient (Wildman–Crippen LogP) is 3.79. The summed E-state index contributed by atoms with van der Waals surface area (Å²) < 4.78 is 5.14. The van der Waals surface area contributed by atoms with E-state index < -0.39 is 23.5 Å². The number of rotatable bonds is 6. The van der Waals surface area contributed by atoms with Crippen molar-refractivity contribution in [3.05, 3.63) is 29.3 Å². The standard InChI is InChI=1S/C20H24N4O4/c1-6-12(7-2)24-17(25)13-9-8-10-14(16(13)18(24)26)22-23-15(11-21)19(27)28-20(3,4)5/h8-10,12,15H,6-7H2,1-5H3. The van der Waals surface area contributed by atoms with E-state index in [0.29, 0.717) is 12.8 Å². The number of nitriles is 1. The Kier molecular flexibility index (Phi) is 6.29. The van der Waals surface area contributed by atoms with Crippen LogP contribution in [0.15, 0.2) is 28.4 Å². The lowest BCUT2D eigenvalue weighted by Crippen LogP contribution is -2.39. The first-order valence-corrected chi connectivity index (χ1v) is 9.18. The molecule has 0 fully saturated rings. The molecular formula is C20H24N4O4. The average Bonchev–Trinajstić information content (AvgIpc) is 2.88. The Balaban J connectivity index is 2.35. The zero-order chi connectivity index (χ0) is 21.1. The summed E-state index contributed by atoms with van der Waals surface area (Å²) in [5.41, 5.74) is -0.232. The van der Waals surface area contributed by atoms with E-state index in [1.54, 1.807) is 39.0 Å². The minimum atomic E-state index is -1.46. The van der Waals surface area contributed by atoms with E-state index >= 15 is 0 Å². The van der Waals surface area contributed by atoms with E-state index in [2.05, 4.69) is 10.2 Å². The molecule has 0 saturated heterocycles. The lowest BCUT2D eigenvalue weighted by atomic mass is 10.1. The second-order valence-electron chi connectivity index (χ2n) is 7.43. The van der Waals surface area contributed by atoms with E-state index in [-0.39, 0.29) is 28.8 Å². The number of imide groups is 1. The van der Waals surface area contributed by atoms with Crippen LogP contribution in [-0.4, -0.2) is 40.4 Å². The van der Waals surface area contributed by atoms with Gasteiger partial charge in [-0.05, 0) is 45.7 Å². The number of benzene rings is 1. The summed E-state index contributed by atoms with van der Waals surface area (Å²) in [4.78, 5) is 38.9. The third-order valence-electron chi connectivity index (χ3n) is 4.27. The molecule has 1 heterocycles. The molecule has 0 saturated carbocycles. The van der Waals surface area contributed by atoms with Crippen LogP contribution in [0.25, 0.3) is 0 Å². The fourth-order valence-electron chi connectivity index (χ4n) is 2.96. The molecule has 28 heavy (non-hydrogen) atoms. The fraction of sp³-hybridized carbons (Fsp3) is 0.500. The molecule has 8 heteroatoms. The van der Waals surface area contributed by atoms with Gasteiger partial charge in [-0.1, -0.05) is 19.9 Å². The van der Waals surface area contributed by atoms with Gasteiger partial charge in [-0.2, -0.15) is 15.5 Å². The maximum atomic E-state index is 12.9. The van der Waals surface area contributed by atoms with Gasteiger partial charge >= 0.3 is 5.97 Å². The van der Waals surface area contributed by atoms with Gasteiger partial charge in [0.05, 0.1) is 16.8 Å². The van der Waals surface area contributed by atoms with Crippen LogP contribution in [0.3, 0.4) is 0 Å². The highest BCUT2D eigenvalue weighted by Gasteiger charge is 2.40. The molecule has 0 N–H and O–H groups in total. The van der Waals surface area contributed by atoms with E-state index in [1.165, 1.54) is 11.0 Å². The van der Waals surface area contributed by atoms with E-state index in [4.69, 9.17) is 4.74 Å². The normalized spacial score (nSPS) is 15.1. The Bertz CT molecular complexity index is 860. The van der Waals surface area contributed by atoms with Crippen molar-refractivity contribution in [1.82, 2.24) is 4.90 Å². The molecule has 2 rings (SSSR count). The molecule has 0 aromatic heterocycles. The SMILES string of the molecule is CCC(CC)N1C(=O)c2cccc(N=NC(C#N)C(=O)OC(C)(C)C)c2C1=O. The largest absolute Gasteiger partial charge is 0.458 e. The minimum Gasteiger partial charge on any atom is -0.458 e. The number of amides is 2. The van der Waals surface area contributed by atoms with Crippen LogP contribution in [-0.2, 0) is 9.53 Å². The van der Waals surface area contributed by atoms with Gasteiger partial charge < -0.3 is 4.74 Å². The molecule has 1 aliphatic heterocycles. The van der Waals surface area contributed by atoms with Crippen LogP contribution in [0, 0.1) is 11.3 Å². The van der Waals surface area contributed by atoms with Gasteiger partial charge in [0, 0.05) is 6.04 Å². The summed E-state index contributed by atoms with van der Waals surface area (Å²) in [6.07, 6.45) is 1.29. The van der Waals surface area contributed by atoms with Crippen LogP contribution in [0.1, 0.15) is 68.2 Å². The first-order chi connectivity index (χ1) is 13.1. The van der Waals surface area contributed by atoms with E-state index in [9.17, 15) is 19.6 Å². The van der Waals surface area contributed by atoms with Crippen molar-refractivity contribution in [2.75, 3.05) is 0 Å². The van der Waals surface area contributed by atoms with Gasteiger partial charge in [0.2, 0.25) is 0 Å². The quantitative estimate of drug-likeness (QED) is 0.421. The number of fused-ring (bicyclic) bond motifs is 1. The number of carbonyl (C=O) groups is 3. The molecule has 0 radical (unpaired) electrons. The Morgan fingerprint density at radius 3 is 2.39 bits per heavy atom. The van der Waals surface area contributed by atoms with Crippen molar-refractivity contribution < 1.29 is 19.1 Å². The maximum Gasteiger partial charge on any atom is 0.348 e. The third-order valence-corrected chi connectivity index (χ3v) is 4.27. The Morgan fingerprint density at radius 1 is 1.21 bits per heavy atom. The highest BCUT2D eigenvalue weighted by atomic mass is 16.6. The minimum absolute atomic E-state index is 0.143. The second kappa shape index (κ2) is 8.30. The van der Waals surface area contributed by atoms with Crippen LogP contribution < -0.4 is 0 Å². The summed E-state index contributed by atoms with van der Waals surface area (Å²) >= 11 is 0. The number of esters is 1. The summed E-state index contributed by atoms with van der Waals surface area (Å²) in [5.74, 6) is -1.63. The van der Waals surface area contributed by atoms with Gasteiger partial charge in [0.15, 0.2) is 0 Å². The summed E-state index contributed by atoms with van der Waals surface area (Å²) in [6, 6.07) is 4.74. The summed E-state index contributed by atoms with van der Waals surface area (Å²) in [7, 11) is 0. The molecule has 0 spiro atoms. The van der Waals surface area contributed by atoms with Crippen molar-refractivity contribution in [3.8, 4) is 6.07 Å². The van der Waals surface area contributed by atoms with Gasteiger partial charge in [-0.15, -0.1) is 0 Å². The number of carbonyl (C=O) groups excluding carboxylic acids is 3. The van der Waals surface area contributed by atoms with Crippen LogP contribution in [0.2, 0.25) is 0 Å². The monoisotopic (exact) mass is 384 g/mol. The molecular weight excluding hydrogens is 360 g/mol. The van der Waals surface area contributed by atoms with Crippen molar-refractivity contribution in [1.29, 1.82) is 5.26 Å². The second-order valence-corrected chi connectivity index (χ2v) is 7.43. The van der Waals surface area contributed by atoms with Crippen LogP contribution in [0.5, 0.6) is 0 Å². The smallest absolute Gasteiger partial charge is 0.348 e. The first kappa shape index (κ1) is 21.2. The van der Waals surface area contributed by atoms with Crippen molar-refractivity contribution >= 4 is 23.5 Å². The number of hydrogen-bond donors (Lipinski definition) is 0. The molecule has 0 bridgehead atoms. The van der Waals surface area contributed by atoms with Crippen LogP contribution in [0.4, 0.5) is 5.69 Å². The molecule has 1 aliphatic rings. The first-order valence-electron chi connectivity index (χ1n) is 9.18. The zero-order valence-electron chi connectivity index (χ0n) is 16.7. The predicted molar refractivity (Wildman–Crippen MR) is 101 cm³/mol. The van der Waals surface area contributed by atoms with Crippen molar-refractivity contribution in [2.45, 2.75) is 65.1 Å². The topological polar surface area (TPSA) is 112 Å². The molecule has 1 unspecified atom stereocenters. The average molecular weight is 384 g/mol. The molecule has 2 amide bonds. The number of hydrogen-bond acceptors (Lipinski definition) is 7. The number of nitrogens with zero attached hydrogens (tertiary/aromatic N) is 4. The number of ether oxygens (including phenoxy) is 1. The highest BCUT2D eigenvalue weighted by Crippen LogP contribution is 2.33. The molecule has 148 valence electrons. The Hall–Kier alpha value is -3.08. The molecule has 1 atom stereocenters. The third kappa shape index (κ3) is 4.25. The highest BCUT2D eigenvalue weighted by molar-refractivity contribution is 6.23. The fourth-order valence-corrected chi connectivity index (χ4v) is 2.96. The van der Waals surface area contributed by atoms with Gasteiger partial charge in [0.1, 0.15) is 11.7 Å². The van der Waals surface area contributed by atoms with E-state index in [0.717, 1.165) is 0 Å². The van der Waals surface area contributed by atoms with Gasteiger partial charge in [-0.3, -0.25) is 14.5 Å². The maximum absolute atomic E-state index is 12.9. The lowest BCUT2D eigenvalue weighted by molar-refractivity contribution is -0.154. The molecule has 8 nitrogen and oxygen atoms in total. The molecule has 1 aromatic rings. The summed E-state index contributed by atoms with van der Waals surface area (Å²) in [5, 5.41) is 16.9. The lowest BCUT2D eigenvalue weighted by Gasteiger charge is -2.23.